The summed E-state index contributed by atoms with van der Waals surface area (Å²) in [5.41, 5.74) is 6.44. The van der Waals surface area contributed by atoms with Crippen LogP contribution in [0.15, 0.2) is 5.38 Å². The van der Waals surface area contributed by atoms with Crippen LogP contribution in [0, 0.1) is 0 Å². The van der Waals surface area contributed by atoms with Gasteiger partial charge in [-0.05, 0) is 20.8 Å². The van der Waals surface area contributed by atoms with Crippen LogP contribution in [0.1, 0.15) is 37.5 Å². The van der Waals surface area contributed by atoms with Gasteiger partial charge in [-0.3, -0.25) is 0 Å². The minimum absolute atomic E-state index is 0.160. The van der Waals surface area contributed by atoms with Crippen molar-refractivity contribution < 1.29 is 9.47 Å². The van der Waals surface area contributed by atoms with Gasteiger partial charge in [0.25, 0.3) is 0 Å². The van der Waals surface area contributed by atoms with Crippen molar-refractivity contribution in [1.29, 1.82) is 0 Å². The van der Waals surface area contributed by atoms with Crippen molar-refractivity contribution in [3.63, 3.8) is 0 Å². The molecule has 0 aromatic carbocycles. The Balaban J connectivity index is 2.78. The molecule has 0 radical (unpaired) electrons. The fourth-order valence-electron chi connectivity index (χ4n) is 1.42. The van der Waals surface area contributed by atoms with Crippen LogP contribution < -0.4 is 5.73 Å². The molecule has 0 fully saturated rings. The van der Waals surface area contributed by atoms with Crippen LogP contribution in [-0.4, -0.2) is 25.3 Å². The number of aromatic nitrogens is 1. The molecule has 0 saturated carbocycles. The molecule has 0 saturated heterocycles. The Bertz CT molecular complexity index is 326. The molecule has 4 nitrogen and oxygen atoms in total. The van der Waals surface area contributed by atoms with Crippen LogP contribution in [0.5, 0.6) is 0 Å². The predicted octanol–water partition coefficient (Wildman–Crippen LogP) is 2.06. The van der Waals surface area contributed by atoms with Gasteiger partial charge in [0.15, 0.2) is 0 Å². The van der Waals surface area contributed by atoms with E-state index >= 15 is 0 Å². The van der Waals surface area contributed by atoms with Gasteiger partial charge in [-0.2, -0.15) is 0 Å². The van der Waals surface area contributed by atoms with E-state index in [4.69, 9.17) is 15.2 Å². The number of hydrogen-bond acceptors (Lipinski definition) is 5. The molecular formula is C11H20N2O2S. The van der Waals surface area contributed by atoms with E-state index in [1.807, 2.05) is 26.2 Å². The van der Waals surface area contributed by atoms with E-state index in [1.54, 1.807) is 18.4 Å². The third-order valence-corrected chi connectivity index (χ3v) is 3.43. The van der Waals surface area contributed by atoms with Crippen LogP contribution in [0.2, 0.25) is 0 Å². The Hall–Kier alpha value is -0.490. The zero-order valence-electron chi connectivity index (χ0n) is 10.3. The Morgan fingerprint density at radius 3 is 2.81 bits per heavy atom. The summed E-state index contributed by atoms with van der Waals surface area (Å²) < 4.78 is 10.7. The average molecular weight is 244 g/mol. The third kappa shape index (κ3) is 3.25. The summed E-state index contributed by atoms with van der Waals surface area (Å²) in [7, 11) is 1.64. The highest BCUT2D eigenvalue weighted by Crippen LogP contribution is 2.28. The van der Waals surface area contributed by atoms with Crippen molar-refractivity contribution in [3.8, 4) is 0 Å². The number of hydrogen-bond donors (Lipinski definition) is 1. The van der Waals surface area contributed by atoms with Crippen LogP contribution in [0.3, 0.4) is 0 Å². The lowest BCUT2D eigenvalue weighted by Gasteiger charge is -2.21. The molecule has 1 unspecified atom stereocenters. The maximum absolute atomic E-state index is 5.91. The number of thiazole rings is 1. The summed E-state index contributed by atoms with van der Waals surface area (Å²) in [5.74, 6) is 0. The first-order valence-electron chi connectivity index (χ1n) is 5.35. The Kier molecular flexibility index (Phi) is 4.86. The zero-order chi connectivity index (χ0) is 12.2. The lowest BCUT2D eigenvalue weighted by Crippen LogP contribution is -2.22. The van der Waals surface area contributed by atoms with Crippen molar-refractivity contribution in [1.82, 2.24) is 4.98 Å². The number of nitrogens with zero attached hydrogens (tertiary/aromatic N) is 1. The third-order valence-electron chi connectivity index (χ3n) is 2.27. The first-order valence-corrected chi connectivity index (χ1v) is 6.23. The van der Waals surface area contributed by atoms with Gasteiger partial charge in [-0.15, -0.1) is 11.3 Å². The second-order valence-electron chi connectivity index (χ2n) is 4.08. The summed E-state index contributed by atoms with van der Waals surface area (Å²) in [4.78, 5) is 4.51. The SMILES string of the molecule is CCOC(C)(C)c1nc(C(N)COC)cs1. The molecule has 1 atom stereocenters. The Morgan fingerprint density at radius 2 is 2.25 bits per heavy atom. The lowest BCUT2D eigenvalue weighted by atomic mass is 10.1. The first kappa shape index (κ1) is 13.6. The minimum atomic E-state index is -0.343. The van der Waals surface area contributed by atoms with Crippen molar-refractivity contribution >= 4 is 11.3 Å². The number of rotatable bonds is 6. The van der Waals surface area contributed by atoms with E-state index < -0.39 is 0 Å². The number of nitrogens with two attached hydrogens (primary N) is 1. The van der Waals surface area contributed by atoms with Crippen LogP contribution in [-0.2, 0) is 15.1 Å². The summed E-state index contributed by atoms with van der Waals surface area (Å²) in [5, 5.41) is 2.93. The molecule has 1 heterocycles. The fraction of sp³-hybridized carbons (Fsp3) is 0.727. The van der Waals surface area contributed by atoms with E-state index in [-0.39, 0.29) is 11.6 Å². The molecule has 2 N–H and O–H groups in total. The average Bonchev–Trinajstić information content (AvgIpc) is 2.67. The van der Waals surface area contributed by atoms with Gasteiger partial charge >= 0.3 is 0 Å². The lowest BCUT2D eigenvalue weighted by molar-refractivity contribution is -0.0143. The minimum Gasteiger partial charge on any atom is -0.383 e. The molecule has 0 aliphatic heterocycles. The predicted molar refractivity (Wildman–Crippen MR) is 65.6 cm³/mol. The maximum Gasteiger partial charge on any atom is 0.124 e. The highest BCUT2D eigenvalue weighted by atomic mass is 32.1. The van der Waals surface area contributed by atoms with Crippen molar-refractivity contribution in [2.24, 2.45) is 5.73 Å². The van der Waals surface area contributed by atoms with Crippen LogP contribution in [0.25, 0.3) is 0 Å². The van der Waals surface area contributed by atoms with Gasteiger partial charge in [-0.25, -0.2) is 4.98 Å². The Labute approximate surface area is 101 Å². The van der Waals surface area contributed by atoms with E-state index in [0.29, 0.717) is 13.2 Å². The second-order valence-corrected chi connectivity index (χ2v) is 4.94. The quantitative estimate of drug-likeness (QED) is 0.832. The van der Waals surface area contributed by atoms with Gasteiger partial charge in [0.2, 0.25) is 0 Å². The van der Waals surface area contributed by atoms with Gasteiger partial charge in [0.05, 0.1) is 18.3 Å². The van der Waals surface area contributed by atoms with E-state index in [9.17, 15) is 0 Å². The summed E-state index contributed by atoms with van der Waals surface area (Å²) in [6, 6.07) is -0.160. The molecule has 1 aromatic heterocycles. The second kappa shape index (κ2) is 5.72. The number of ether oxygens (including phenoxy) is 2. The topological polar surface area (TPSA) is 57.4 Å². The van der Waals surface area contributed by atoms with Gasteiger partial charge in [-0.1, -0.05) is 0 Å². The molecule has 1 aromatic rings. The Morgan fingerprint density at radius 1 is 1.56 bits per heavy atom. The smallest absolute Gasteiger partial charge is 0.124 e. The maximum atomic E-state index is 5.91. The largest absolute Gasteiger partial charge is 0.383 e. The molecule has 0 bridgehead atoms. The molecule has 0 spiro atoms. The standard InChI is InChI=1S/C11H20N2O2S/c1-5-15-11(2,3)10-13-9(7-16-10)8(12)6-14-4/h7-8H,5-6,12H2,1-4H3. The van der Waals surface area contributed by atoms with Crippen molar-refractivity contribution in [3.05, 3.63) is 16.1 Å². The molecule has 0 aliphatic carbocycles. The highest BCUT2D eigenvalue weighted by molar-refractivity contribution is 7.09. The molecule has 5 heteroatoms. The van der Waals surface area contributed by atoms with Crippen LogP contribution >= 0.6 is 11.3 Å². The number of methoxy groups -OCH3 is 1. The molecule has 92 valence electrons. The normalized spacial score (nSPS) is 14.1. The molecule has 16 heavy (non-hydrogen) atoms. The van der Waals surface area contributed by atoms with E-state index in [2.05, 4.69) is 4.98 Å². The molecular weight excluding hydrogens is 224 g/mol. The van der Waals surface area contributed by atoms with Crippen molar-refractivity contribution in [2.75, 3.05) is 20.3 Å². The van der Waals surface area contributed by atoms with Gasteiger partial charge < -0.3 is 15.2 Å². The molecule has 1 rings (SSSR count). The zero-order valence-corrected chi connectivity index (χ0v) is 11.1. The summed E-state index contributed by atoms with van der Waals surface area (Å²) in [6.45, 7) is 7.17. The molecule has 0 amide bonds. The first-order chi connectivity index (χ1) is 7.51. The van der Waals surface area contributed by atoms with Crippen LogP contribution in [0.4, 0.5) is 0 Å². The molecule has 0 aliphatic rings. The monoisotopic (exact) mass is 244 g/mol. The van der Waals surface area contributed by atoms with Crippen molar-refractivity contribution in [2.45, 2.75) is 32.4 Å². The van der Waals surface area contributed by atoms with Gasteiger partial charge in [0.1, 0.15) is 10.6 Å². The van der Waals surface area contributed by atoms with Gasteiger partial charge in [0, 0.05) is 19.1 Å². The summed E-state index contributed by atoms with van der Waals surface area (Å²) in [6.07, 6.45) is 0. The van der Waals surface area contributed by atoms with E-state index in [1.165, 1.54) is 0 Å². The summed E-state index contributed by atoms with van der Waals surface area (Å²) >= 11 is 1.58. The highest BCUT2D eigenvalue weighted by Gasteiger charge is 2.25. The van der Waals surface area contributed by atoms with E-state index in [0.717, 1.165) is 10.7 Å². The fourth-order valence-corrected chi connectivity index (χ4v) is 2.38.